The van der Waals surface area contributed by atoms with E-state index >= 15 is 0 Å². The van der Waals surface area contributed by atoms with Crippen LogP contribution in [0.15, 0.2) is 76.2 Å². The van der Waals surface area contributed by atoms with Crippen molar-refractivity contribution in [1.29, 1.82) is 0 Å². The first-order valence-corrected chi connectivity index (χ1v) is 11.3. The summed E-state index contributed by atoms with van der Waals surface area (Å²) in [5.41, 5.74) is 0.468. The Balaban J connectivity index is 1.59. The molecular formula is C22H23N3O6S. The number of carbonyl (C=O) groups excluding carboxylic acids is 2. The third kappa shape index (κ3) is 6.35. The van der Waals surface area contributed by atoms with Crippen molar-refractivity contribution in [1.82, 2.24) is 10.6 Å². The molecule has 168 valence electrons. The van der Waals surface area contributed by atoms with Crippen LogP contribution in [0, 0.1) is 0 Å². The first kappa shape index (κ1) is 22.9. The lowest BCUT2D eigenvalue weighted by molar-refractivity contribution is -0.120. The number of rotatable bonds is 10. The van der Waals surface area contributed by atoms with Gasteiger partial charge in [0.1, 0.15) is 11.5 Å². The van der Waals surface area contributed by atoms with E-state index in [2.05, 4.69) is 15.4 Å². The van der Waals surface area contributed by atoms with E-state index in [9.17, 15) is 18.0 Å². The van der Waals surface area contributed by atoms with Crippen molar-refractivity contribution in [2.75, 3.05) is 17.9 Å². The highest BCUT2D eigenvalue weighted by Crippen LogP contribution is 2.20. The van der Waals surface area contributed by atoms with Gasteiger partial charge in [0.25, 0.3) is 15.9 Å². The summed E-state index contributed by atoms with van der Waals surface area (Å²) in [7, 11) is -3.92. The number of carbonyl (C=O) groups is 2. The molecule has 9 nitrogen and oxygen atoms in total. The maximum absolute atomic E-state index is 12.7. The zero-order valence-corrected chi connectivity index (χ0v) is 18.1. The molecule has 0 unspecified atom stereocenters. The summed E-state index contributed by atoms with van der Waals surface area (Å²) >= 11 is 0. The van der Waals surface area contributed by atoms with Crippen LogP contribution in [0.4, 0.5) is 5.69 Å². The molecule has 0 spiro atoms. The van der Waals surface area contributed by atoms with E-state index in [-0.39, 0.29) is 23.5 Å². The summed E-state index contributed by atoms with van der Waals surface area (Å²) in [5, 5.41) is 5.07. The summed E-state index contributed by atoms with van der Waals surface area (Å²) in [5.74, 6) is 0.233. The van der Waals surface area contributed by atoms with Crippen LogP contribution in [0.5, 0.6) is 5.75 Å². The average Bonchev–Trinajstić information content (AvgIpc) is 3.31. The molecule has 2 aromatic carbocycles. The minimum Gasteiger partial charge on any atom is -0.494 e. The van der Waals surface area contributed by atoms with Gasteiger partial charge in [0.2, 0.25) is 5.91 Å². The second kappa shape index (κ2) is 10.5. The first-order chi connectivity index (χ1) is 15.4. The Bertz CT molecular complexity index is 1160. The molecule has 32 heavy (non-hydrogen) atoms. The molecule has 1 heterocycles. The summed E-state index contributed by atoms with van der Waals surface area (Å²) in [6.45, 7) is 2.30. The Morgan fingerprint density at radius 2 is 1.78 bits per heavy atom. The summed E-state index contributed by atoms with van der Waals surface area (Å²) in [6.07, 6.45) is 1.50. The van der Waals surface area contributed by atoms with E-state index in [1.54, 1.807) is 36.4 Å². The highest BCUT2D eigenvalue weighted by molar-refractivity contribution is 7.92. The highest BCUT2D eigenvalue weighted by atomic mass is 32.2. The first-order valence-electron chi connectivity index (χ1n) is 9.80. The van der Waals surface area contributed by atoms with Gasteiger partial charge in [-0.1, -0.05) is 6.07 Å². The van der Waals surface area contributed by atoms with E-state index < -0.39 is 21.8 Å². The Morgan fingerprint density at radius 3 is 2.47 bits per heavy atom. The quantitative estimate of drug-likeness (QED) is 0.429. The predicted molar refractivity (Wildman–Crippen MR) is 118 cm³/mol. The van der Waals surface area contributed by atoms with Crippen LogP contribution in [-0.2, 0) is 21.4 Å². The summed E-state index contributed by atoms with van der Waals surface area (Å²) in [4.78, 5) is 24.2. The predicted octanol–water partition coefficient (Wildman–Crippen LogP) is 2.53. The van der Waals surface area contributed by atoms with Gasteiger partial charge in [-0.2, -0.15) is 0 Å². The van der Waals surface area contributed by atoms with Crippen molar-refractivity contribution in [2.24, 2.45) is 0 Å². The fourth-order valence-corrected chi connectivity index (χ4v) is 3.83. The Morgan fingerprint density at radius 1 is 1.00 bits per heavy atom. The van der Waals surface area contributed by atoms with Crippen LogP contribution < -0.4 is 20.1 Å². The summed E-state index contributed by atoms with van der Waals surface area (Å²) in [6, 6.07) is 15.4. The molecule has 0 aliphatic heterocycles. The summed E-state index contributed by atoms with van der Waals surface area (Å²) < 4.78 is 38.3. The molecule has 3 rings (SSSR count). The van der Waals surface area contributed by atoms with Crippen molar-refractivity contribution in [3.05, 3.63) is 78.3 Å². The number of amides is 2. The van der Waals surface area contributed by atoms with Crippen molar-refractivity contribution >= 4 is 27.5 Å². The average molecular weight is 458 g/mol. The van der Waals surface area contributed by atoms with Crippen molar-refractivity contribution in [3.8, 4) is 5.75 Å². The molecule has 2 amide bonds. The maximum atomic E-state index is 12.7. The van der Waals surface area contributed by atoms with Crippen LogP contribution in [0.3, 0.4) is 0 Å². The lowest BCUT2D eigenvalue weighted by atomic mass is 10.2. The second-order valence-corrected chi connectivity index (χ2v) is 8.31. The van der Waals surface area contributed by atoms with Gasteiger partial charge >= 0.3 is 0 Å². The van der Waals surface area contributed by atoms with Gasteiger partial charge in [0.05, 0.1) is 30.9 Å². The molecule has 0 saturated carbocycles. The number of ether oxygens (including phenoxy) is 1. The molecule has 0 radical (unpaired) electrons. The fraction of sp³-hybridized carbons (Fsp3) is 0.182. The number of hydrogen-bond acceptors (Lipinski definition) is 6. The van der Waals surface area contributed by atoms with Gasteiger partial charge in [-0.25, -0.2) is 8.42 Å². The van der Waals surface area contributed by atoms with E-state index in [0.717, 1.165) is 0 Å². The minimum atomic E-state index is -3.92. The van der Waals surface area contributed by atoms with Gasteiger partial charge in [-0.05, 0) is 61.5 Å². The number of benzene rings is 2. The number of nitrogens with one attached hydrogen (secondary N) is 3. The van der Waals surface area contributed by atoms with Crippen molar-refractivity contribution in [3.63, 3.8) is 0 Å². The van der Waals surface area contributed by atoms with Gasteiger partial charge in [-0.3, -0.25) is 14.3 Å². The largest absolute Gasteiger partial charge is 0.494 e. The van der Waals surface area contributed by atoms with Crippen molar-refractivity contribution < 1.29 is 27.2 Å². The minimum absolute atomic E-state index is 0.0821. The standard InChI is InChI=1S/C22H23N3O6S/c1-2-30-18-10-8-17(9-11-18)25-32(28,29)20-7-3-5-16(13-20)22(27)24-15-21(26)23-14-19-6-4-12-31-19/h3-13,25H,2,14-15H2,1H3,(H,23,26)(H,24,27). The van der Waals surface area contributed by atoms with Crippen LogP contribution in [-0.4, -0.2) is 33.4 Å². The molecular weight excluding hydrogens is 434 g/mol. The molecule has 10 heteroatoms. The molecule has 0 fully saturated rings. The number of furan rings is 1. The fourth-order valence-electron chi connectivity index (χ4n) is 2.73. The zero-order valence-electron chi connectivity index (χ0n) is 17.3. The number of sulfonamides is 1. The van der Waals surface area contributed by atoms with Gasteiger partial charge < -0.3 is 19.8 Å². The zero-order chi connectivity index (χ0) is 23.0. The van der Waals surface area contributed by atoms with E-state index in [1.807, 2.05) is 6.92 Å². The monoisotopic (exact) mass is 457 g/mol. The number of hydrogen-bond donors (Lipinski definition) is 3. The Kier molecular flexibility index (Phi) is 7.50. The van der Waals surface area contributed by atoms with Crippen LogP contribution >= 0.6 is 0 Å². The molecule has 3 aromatic rings. The topological polar surface area (TPSA) is 127 Å². The van der Waals surface area contributed by atoms with E-state index in [1.165, 1.54) is 30.5 Å². The normalized spacial score (nSPS) is 10.9. The van der Waals surface area contributed by atoms with Gasteiger partial charge in [0, 0.05) is 11.3 Å². The molecule has 0 aliphatic rings. The highest BCUT2D eigenvalue weighted by Gasteiger charge is 2.17. The lowest BCUT2D eigenvalue weighted by Gasteiger charge is -2.11. The maximum Gasteiger partial charge on any atom is 0.261 e. The van der Waals surface area contributed by atoms with Crippen LogP contribution in [0.1, 0.15) is 23.0 Å². The second-order valence-electron chi connectivity index (χ2n) is 6.63. The third-order valence-corrected chi connectivity index (χ3v) is 5.65. The molecule has 0 aliphatic carbocycles. The molecule has 0 saturated heterocycles. The SMILES string of the molecule is CCOc1ccc(NS(=O)(=O)c2cccc(C(=O)NCC(=O)NCc3ccco3)c2)cc1. The van der Waals surface area contributed by atoms with Crippen LogP contribution in [0.2, 0.25) is 0 Å². The lowest BCUT2D eigenvalue weighted by Crippen LogP contribution is -2.36. The molecule has 0 atom stereocenters. The van der Waals surface area contributed by atoms with E-state index in [4.69, 9.17) is 9.15 Å². The molecule has 3 N–H and O–H groups in total. The van der Waals surface area contributed by atoms with E-state index in [0.29, 0.717) is 23.8 Å². The number of anilines is 1. The Hall–Kier alpha value is -3.79. The van der Waals surface area contributed by atoms with Crippen molar-refractivity contribution in [2.45, 2.75) is 18.4 Å². The van der Waals surface area contributed by atoms with Gasteiger partial charge in [0.15, 0.2) is 0 Å². The smallest absolute Gasteiger partial charge is 0.261 e. The van der Waals surface area contributed by atoms with Gasteiger partial charge in [-0.15, -0.1) is 0 Å². The Labute approximate surface area is 185 Å². The molecule has 1 aromatic heterocycles. The third-order valence-electron chi connectivity index (χ3n) is 4.27. The molecule has 0 bridgehead atoms. The van der Waals surface area contributed by atoms with Crippen LogP contribution in [0.25, 0.3) is 0 Å².